The van der Waals surface area contributed by atoms with Crippen LogP contribution < -0.4 is 5.73 Å². The molecule has 1 heterocycles. The molecule has 0 bridgehead atoms. The Bertz CT molecular complexity index is 561. The minimum absolute atomic E-state index is 0.165. The third kappa shape index (κ3) is 2.70. The molecule has 0 amide bonds. The minimum atomic E-state index is -0.165. The third-order valence-electron chi connectivity index (χ3n) is 2.84. The number of benzene rings is 1. The van der Waals surface area contributed by atoms with Gasteiger partial charge in [-0.25, -0.2) is 9.37 Å². The van der Waals surface area contributed by atoms with Crippen LogP contribution in [-0.4, -0.2) is 4.98 Å². The van der Waals surface area contributed by atoms with Crippen LogP contribution in [0.15, 0.2) is 18.2 Å². The van der Waals surface area contributed by atoms with Gasteiger partial charge in [-0.3, -0.25) is 0 Å². The lowest BCUT2D eigenvalue weighted by atomic mass is 10.0. The van der Waals surface area contributed by atoms with Crippen LogP contribution in [-0.2, 0) is 6.42 Å². The van der Waals surface area contributed by atoms with Crippen LogP contribution in [0.3, 0.4) is 0 Å². The predicted octanol–water partition coefficient (Wildman–Crippen LogP) is 3.89. The lowest BCUT2D eigenvalue weighted by Crippen LogP contribution is -1.97. The standard InChI is InChI=1S/C14H17FN2S/c1-8(2)13-12(18-14(16)17-13)7-10-6-9(3)4-5-11(10)15/h4-6,8H,7H2,1-3H3,(H2,16,17). The van der Waals surface area contributed by atoms with Crippen molar-refractivity contribution in [2.45, 2.75) is 33.1 Å². The molecule has 2 aromatic rings. The zero-order valence-corrected chi connectivity index (χ0v) is 11.6. The summed E-state index contributed by atoms with van der Waals surface area (Å²) in [5, 5.41) is 0.557. The number of aryl methyl sites for hydroxylation is 1. The second-order valence-electron chi connectivity index (χ2n) is 4.79. The first kappa shape index (κ1) is 13.0. The van der Waals surface area contributed by atoms with Gasteiger partial charge in [0.15, 0.2) is 5.13 Å². The average molecular weight is 264 g/mol. The van der Waals surface area contributed by atoms with Gasteiger partial charge in [0, 0.05) is 11.3 Å². The number of halogens is 1. The number of aromatic nitrogens is 1. The van der Waals surface area contributed by atoms with Crippen LogP contribution in [0.25, 0.3) is 0 Å². The van der Waals surface area contributed by atoms with Gasteiger partial charge in [-0.2, -0.15) is 0 Å². The minimum Gasteiger partial charge on any atom is -0.375 e. The Hall–Kier alpha value is -1.42. The number of anilines is 1. The van der Waals surface area contributed by atoms with Crippen LogP contribution >= 0.6 is 11.3 Å². The van der Waals surface area contributed by atoms with E-state index in [1.54, 1.807) is 6.07 Å². The van der Waals surface area contributed by atoms with E-state index in [9.17, 15) is 4.39 Å². The molecule has 96 valence electrons. The van der Waals surface area contributed by atoms with Crippen LogP contribution in [0, 0.1) is 12.7 Å². The summed E-state index contributed by atoms with van der Waals surface area (Å²) in [7, 11) is 0. The van der Waals surface area contributed by atoms with E-state index in [1.807, 2.05) is 13.0 Å². The van der Waals surface area contributed by atoms with Gasteiger partial charge in [-0.1, -0.05) is 31.5 Å². The van der Waals surface area contributed by atoms with Gasteiger partial charge in [0.2, 0.25) is 0 Å². The van der Waals surface area contributed by atoms with Crippen LogP contribution in [0.2, 0.25) is 0 Å². The molecule has 0 fully saturated rings. The van der Waals surface area contributed by atoms with E-state index < -0.39 is 0 Å². The summed E-state index contributed by atoms with van der Waals surface area (Å²) < 4.78 is 13.7. The Morgan fingerprint density at radius 3 is 2.78 bits per heavy atom. The van der Waals surface area contributed by atoms with Gasteiger partial charge in [0.1, 0.15) is 5.82 Å². The van der Waals surface area contributed by atoms with E-state index >= 15 is 0 Å². The Balaban J connectivity index is 2.36. The zero-order valence-electron chi connectivity index (χ0n) is 10.8. The van der Waals surface area contributed by atoms with Crippen molar-refractivity contribution in [3.8, 4) is 0 Å². The maximum absolute atomic E-state index is 13.7. The number of nitrogen functional groups attached to an aromatic ring is 1. The van der Waals surface area contributed by atoms with E-state index in [-0.39, 0.29) is 5.82 Å². The summed E-state index contributed by atoms with van der Waals surface area (Å²) in [5.41, 5.74) is 8.51. The lowest BCUT2D eigenvalue weighted by Gasteiger charge is -2.07. The summed E-state index contributed by atoms with van der Waals surface area (Å²) in [6.45, 7) is 6.11. The van der Waals surface area contributed by atoms with Crippen molar-refractivity contribution in [3.63, 3.8) is 0 Å². The summed E-state index contributed by atoms with van der Waals surface area (Å²) in [6.07, 6.45) is 0.565. The number of nitrogens with two attached hydrogens (primary N) is 1. The third-order valence-corrected chi connectivity index (χ3v) is 3.74. The molecule has 4 heteroatoms. The maximum atomic E-state index is 13.7. The fraction of sp³-hybridized carbons (Fsp3) is 0.357. The molecule has 2 rings (SSSR count). The molecule has 0 saturated heterocycles. The van der Waals surface area contributed by atoms with Crippen molar-refractivity contribution in [1.82, 2.24) is 4.98 Å². The van der Waals surface area contributed by atoms with Crippen molar-refractivity contribution in [3.05, 3.63) is 45.7 Å². The van der Waals surface area contributed by atoms with Gasteiger partial charge < -0.3 is 5.73 Å². The summed E-state index contributed by atoms with van der Waals surface area (Å²) >= 11 is 1.45. The van der Waals surface area contributed by atoms with Crippen LogP contribution in [0.4, 0.5) is 9.52 Å². The van der Waals surface area contributed by atoms with Crippen molar-refractivity contribution in [1.29, 1.82) is 0 Å². The van der Waals surface area contributed by atoms with Gasteiger partial charge in [0.05, 0.1) is 5.69 Å². The first-order chi connectivity index (χ1) is 8.47. The Kier molecular flexibility index (Phi) is 3.66. The zero-order chi connectivity index (χ0) is 13.3. The fourth-order valence-electron chi connectivity index (χ4n) is 1.97. The van der Waals surface area contributed by atoms with Crippen molar-refractivity contribution < 1.29 is 4.39 Å². The molecule has 0 aliphatic heterocycles. The van der Waals surface area contributed by atoms with E-state index in [0.717, 1.165) is 16.1 Å². The maximum Gasteiger partial charge on any atom is 0.180 e. The lowest BCUT2D eigenvalue weighted by molar-refractivity contribution is 0.613. The van der Waals surface area contributed by atoms with Gasteiger partial charge in [0.25, 0.3) is 0 Å². The summed E-state index contributed by atoms with van der Waals surface area (Å²) in [5.74, 6) is 0.142. The largest absolute Gasteiger partial charge is 0.375 e. The second-order valence-corrected chi connectivity index (χ2v) is 5.90. The highest BCUT2D eigenvalue weighted by atomic mass is 32.1. The molecule has 0 aliphatic rings. The van der Waals surface area contributed by atoms with Gasteiger partial charge in [-0.15, -0.1) is 11.3 Å². The first-order valence-corrected chi connectivity index (χ1v) is 6.79. The number of hydrogen-bond acceptors (Lipinski definition) is 3. The summed E-state index contributed by atoms with van der Waals surface area (Å²) in [4.78, 5) is 5.39. The molecule has 0 spiro atoms. The number of hydrogen-bond donors (Lipinski definition) is 1. The van der Waals surface area contributed by atoms with Crippen LogP contribution in [0.5, 0.6) is 0 Å². The SMILES string of the molecule is Cc1ccc(F)c(Cc2sc(N)nc2C(C)C)c1. The van der Waals surface area contributed by atoms with Crippen molar-refractivity contribution >= 4 is 16.5 Å². The predicted molar refractivity (Wildman–Crippen MR) is 74.6 cm³/mol. The van der Waals surface area contributed by atoms with E-state index in [2.05, 4.69) is 18.8 Å². The van der Waals surface area contributed by atoms with Crippen LogP contribution in [0.1, 0.15) is 41.5 Å². The molecule has 1 aromatic carbocycles. The molecular formula is C14H17FN2S. The van der Waals surface area contributed by atoms with E-state index in [0.29, 0.717) is 23.0 Å². The first-order valence-electron chi connectivity index (χ1n) is 5.97. The Labute approximate surface area is 111 Å². The quantitative estimate of drug-likeness (QED) is 0.913. The molecule has 2 nitrogen and oxygen atoms in total. The molecule has 2 N–H and O–H groups in total. The average Bonchev–Trinajstić information content (AvgIpc) is 2.65. The van der Waals surface area contributed by atoms with Gasteiger partial charge in [-0.05, 0) is 24.5 Å². The molecule has 0 aliphatic carbocycles. The smallest absolute Gasteiger partial charge is 0.180 e. The summed E-state index contributed by atoms with van der Waals surface area (Å²) in [6, 6.07) is 5.18. The van der Waals surface area contributed by atoms with Gasteiger partial charge >= 0.3 is 0 Å². The number of rotatable bonds is 3. The Morgan fingerprint density at radius 2 is 2.11 bits per heavy atom. The van der Waals surface area contributed by atoms with Crippen molar-refractivity contribution in [2.24, 2.45) is 0 Å². The molecule has 18 heavy (non-hydrogen) atoms. The normalized spacial score (nSPS) is 11.2. The highest BCUT2D eigenvalue weighted by Gasteiger charge is 2.15. The molecule has 0 atom stereocenters. The molecule has 0 radical (unpaired) electrons. The number of nitrogens with zero attached hydrogens (tertiary/aromatic N) is 1. The number of thiazole rings is 1. The van der Waals surface area contributed by atoms with Crippen molar-refractivity contribution in [2.75, 3.05) is 5.73 Å². The second kappa shape index (κ2) is 5.06. The van der Waals surface area contributed by atoms with E-state index in [1.165, 1.54) is 17.4 Å². The molecule has 1 aromatic heterocycles. The van der Waals surface area contributed by atoms with E-state index in [4.69, 9.17) is 5.73 Å². The highest BCUT2D eigenvalue weighted by molar-refractivity contribution is 7.15. The molecular weight excluding hydrogens is 247 g/mol. The molecule has 0 unspecified atom stereocenters. The molecule has 0 saturated carbocycles. The highest BCUT2D eigenvalue weighted by Crippen LogP contribution is 2.29. The topological polar surface area (TPSA) is 38.9 Å². The fourth-order valence-corrected chi connectivity index (χ4v) is 2.98. The monoisotopic (exact) mass is 264 g/mol. The Morgan fingerprint density at radius 1 is 1.39 bits per heavy atom.